The third-order valence-corrected chi connectivity index (χ3v) is 4.42. The van der Waals surface area contributed by atoms with Crippen molar-refractivity contribution in [3.05, 3.63) is 33.8 Å². The fourth-order valence-corrected chi connectivity index (χ4v) is 3.14. The topological polar surface area (TPSA) is 69.7 Å². The molecule has 1 saturated heterocycles. The van der Waals surface area contributed by atoms with E-state index in [4.69, 9.17) is 23.2 Å². The van der Waals surface area contributed by atoms with Crippen LogP contribution in [0, 0.1) is 0 Å². The predicted octanol–water partition coefficient (Wildman–Crippen LogP) is 1.80. The standard InChI is InChI=1S/C16H19Cl2N3O3/c1-20(2)16(24)13-4-3-7-21(13)14(22)9-19-15(23)11-6-5-10(17)8-12(11)18/h5-6,8,13H,3-4,7,9H2,1-2H3,(H,19,23). The number of hydrogen-bond donors (Lipinski definition) is 1. The third-order valence-electron chi connectivity index (χ3n) is 3.87. The summed E-state index contributed by atoms with van der Waals surface area (Å²) < 4.78 is 0. The summed E-state index contributed by atoms with van der Waals surface area (Å²) >= 11 is 11.8. The van der Waals surface area contributed by atoms with Crippen molar-refractivity contribution in [1.82, 2.24) is 15.1 Å². The number of benzene rings is 1. The van der Waals surface area contributed by atoms with Crippen molar-refractivity contribution in [2.75, 3.05) is 27.2 Å². The first-order valence-electron chi connectivity index (χ1n) is 7.55. The molecule has 1 heterocycles. The highest BCUT2D eigenvalue weighted by atomic mass is 35.5. The van der Waals surface area contributed by atoms with Crippen LogP contribution in [0.1, 0.15) is 23.2 Å². The van der Waals surface area contributed by atoms with E-state index >= 15 is 0 Å². The van der Waals surface area contributed by atoms with Gasteiger partial charge in [0.2, 0.25) is 11.8 Å². The van der Waals surface area contributed by atoms with Gasteiger partial charge >= 0.3 is 0 Å². The van der Waals surface area contributed by atoms with Crippen LogP contribution in [0.4, 0.5) is 0 Å². The van der Waals surface area contributed by atoms with Gasteiger partial charge in [0.15, 0.2) is 0 Å². The van der Waals surface area contributed by atoms with Crippen molar-refractivity contribution in [1.29, 1.82) is 0 Å². The molecule has 1 aromatic rings. The number of likely N-dealkylation sites (N-methyl/N-ethyl adjacent to an activating group) is 1. The highest BCUT2D eigenvalue weighted by Crippen LogP contribution is 2.21. The second kappa shape index (κ2) is 7.85. The molecule has 1 aliphatic heterocycles. The van der Waals surface area contributed by atoms with Gasteiger partial charge in [0.25, 0.3) is 5.91 Å². The zero-order chi connectivity index (χ0) is 17.9. The van der Waals surface area contributed by atoms with Crippen molar-refractivity contribution in [3.63, 3.8) is 0 Å². The van der Waals surface area contributed by atoms with Crippen LogP contribution in [0.15, 0.2) is 18.2 Å². The van der Waals surface area contributed by atoms with E-state index in [-0.39, 0.29) is 28.9 Å². The van der Waals surface area contributed by atoms with Gasteiger partial charge in [-0.3, -0.25) is 14.4 Å². The monoisotopic (exact) mass is 371 g/mol. The Labute approximate surface area is 150 Å². The van der Waals surface area contributed by atoms with E-state index in [2.05, 4.69) is 5.32 Å². The number of likely N-dealkylation sites (tertiary alicyclic amines) is 1. The number of nitrogens with zero attached hydrogens (tertiary/aromatic N) is 2. The van der Waals surface area contributed by atoms with Gasteiger partial charge in [0.05, 0.1) is 17.1 Å². The summed E-state index contributed by atoms with van der Waals surface area (Å²) in [6.45, 7) is 0.329. The number of halogens is 2. The van der Waals surface area contributed by atoms with Gasteiger partial charge in [-0.25, -0.2) is 0 Å². The van der Waals surface area contributed by atoms with Crippen LogP contribution < -0.4 is 5.32 Å². The maximum absolute atomic E-state index is 12.3. The van der Waals surface area contributed by atoms with Crippen LogP contribution in [0.3, 0.4) is 0 Å². The molecule has 1 aliphatic rings. The molecule has 0 aliphatic carbocycles. The highest BCUT2D eigenvalue weighted by molar-refractivity contribution is 6.36. The minimum atomic E-state index is -0.459. The Kier molecular flexibility index (Phi) is 6.07. The molecule has 8 heteroatoms. The lowest BCUT2D eigenvalue weighted by Crippen LogP contribution is -2.48. The lowest BCUT2D eigenvalue weighted by molar-refractivity contribution is -0.141. The van der Waals surface area contributed by atoms with Crippen LogP contribution in [0.2, 0.25) is 10.0 Å². The number of nitrogens with one attached hydrogen (secondary N) is 1. The van der Waals surface area contributed by atoms with Gasteiger partial charge < -0.3 is 15.1 Å². The second-order valence-electron chi connectivity index (χ2n) is 5.78. The van der Waals surface area contributed by atoms with Crippen LogP contribution in [-0.2, 0) is 9.59 Å². The molecule has 1 aromatic carbocycles. The number of carbonyl (C=O) groups is 3. The SMILES string of the molecule is CN(C)C(=O)C1CCCN1C(=O)CNC(=O)c1ccc(Cl)cc1Cl. The molecule has 0 radical (unpaired) electrons. The molecule has 0 saturated carbocycles. The Morgan fingerprint density at radius 1 is 1.29 bits per heavy atom. The molecule has 1 N–H and O–H groups in total. The molecule has 1 unspecified atom stereocenters. The molecule has 0 bridgehead atoms. The van der Waals surface area contributed by atoms with Gasteiger partial charge in [-0.2, -0.15) is 0 Å². The van der Waals surface area contributed by atoms with E-state index < -0.39 is 11.9 Å². The van der Waals surface area contributed by atoms with E-state index in [0.717, 1.165) is 6.42 Å². The van der Waals surface area contributed by atoms with Crippen molar-refractivity contribution < 1.29 is 14.4 Å². The molecule has 1 fully saturated rings. The summed E-state index contributed by atoms with van der Waals surface area (Å²) in [4.78, 5) is 39.6. The van der Waals surface area contributed by atoms with Gasteiger partial charge in [-0.1, -0.05) is 23.2 Å². The van der Waals surface area contributed by atoms with Gasteiger partial charge in [0.1, 0.15) is 6.04 Å². The van der Waals surface area contributed by atoms with Crippen LogP contribution in [-0.4, -0.2) is 60.7 Å². The third kappa shape index (κ3) is 4.19. The minimum Gasteiger partial charge on any atom is -0.347 e. The smallest absolute Gasteiger partial charge is 0.253 e. The van der Waals surface area contributed by atoms with Crippen LogP contribution >= 0.6 is 23.2 Å². The first kappa shape index (κ1) is 18.5. The predicted molar refractivity (Wildman–Crippen MR) is 92.2 cm³/mol. The molecule has 3 amide bonds. The quantitative estimate of drug-likeness (QED) is 0.877. The lowest BCUT2D eigenvalue weighted by Gasteiger charge is -2.26. The first-order chi connectivity index (χ1) is 11.3. The Morgan fingerprint density at radius 3 is 2.62 bits per heavy atom. The highest BCUT2D eigenvalue weighted by Gasteiger charge is 2.34. The molecule has 2 rings (SSSR count). The fraction of sp³-hybridized carbons (Fsp3) is 0.438. The second-order valence-corrected chi connectivity index (χ2v) is 6.63. The summed E-state index contributed by atoms with van der Waals surface area (Å²) in [7, 11) is 3.32. The maximum Gasteiger partial charge on any atom is 0.253 e. The van der Waals surface area contributed by atoms with E-state index in [1.54, 1.807) is 20.2 Å². The number of carbonyl (C=O) groups excluding carboxylic acids is 3. The zero-order valence-electron chi connectivity index (χ0n) is 13.5. The van der Waals surface area contributed by atoms with Crippen LogP contribution in [0.25, 0.3) is 0 Å². The maximum atomic E-state index is 12.3. The number of rotatable bonds is 4. The Hall–Kier alpha value is -1.79. The van der Waals surface area contributed by atoms with E-state index in [1.807, 2.05) is 0 Å². The van der Waals surface area contributed by atoms with Gasteiger partial charge in [-0.15, -0.1) is 0 Å². The minimum absolute atomic E-state index is 0.104. The average molecular weight is 372 g/mol. The fourth-order valence-electron chi connectivity index (χ4n) is 2.65. The number of hydrogen-bond acceptors (Lipinski definition) is 3. The van der Waals surface area contributed by atoms with Gasteiger partial charge in [-0.05, 0) is 31.0 Å². The van der Waals surface area contributed by atoms with Crippen molar-refractivity contribution >= 4 is 40.9 Å². The molecule has 24 heavy (non-hydrogen) atoms. The van der Waals surface area contributed by atoms with Gasteiger partial charge in [0, 0.05) is 25.7 Å². The largest absolute Gasteiger partial charge is 0.347 e. The molecular weight excluding hydrogens is 353 g/mol. The van der Waals surface area contributed by atoms with Crippen molar-refractivity contribution in [3.8, 4) is 0 Å². The molecular formula is C16H19Cl2N3O3. The van der Waals surface area contributed by atoms with Crippen molar-refractivity contribution in [2.24, 2.45) is 0 Å². The lowest BCUT2D eigenvalue weighted by atomic mass is 10.2. The molecule has 130 valence electrons. The summed E-state index contributed by atoms with van der Waals surface area (Å²) in [6, 6.07) is 4.06. The summed E-state index contributed by atoms with van der Waals surface area (Å²) in [5.41, 5.74) is 0.246. The summed E-state index contributed by atoms with van der Waals surface area (Å²) in [6.07, 6.45) is 1.41. The molecule has 1 atom stereocenters. The average Bonchev–Trinajstić information content (AvgIpc) is 3.00. The van der Waals surface area contributed by atoms with E-state index in [0.29, 0.717) is 18.0 Å². The first-order valence-corrected chi connectivity index (χ1v) is 8.30. The Balaban J connectivity index is 1.97. The summed E-state index contributed by atoms with van der Waals surface area (Å²) in [5, 5.41) is 3.18. The molecule has 6 nitrogen and oxygen atoms in total. The Morgan fingerprint density at radius 2 is 2.00 bits per heavy atom. The summed E-state index contributed by atoms with van der Waals surface area (Å²) in [5.74, 6) is -0.848. The molecule has 0 aromatic heterocycles. The van der Waals surface area contributed by atoms with E-state index in [9.17, 15) is 14.4 Å². The van der Waals surface area contributed by atoms with Crippen molar-refractivity contribution in [2.45, 2.75) is 18.9 Å². The van der Waals surface area contributed by atoms with E-state index in [1.165, 1.54) is 21.9 Å². The molecule has 0 spiro atoms. The zero-order valence-corrected chi connectivity index (χ0v) is 15.0. The number of amides is 3. The Bertz CT molecular complexity index is 664. The van der Waals surface area contributed by atoms with Crippen LogP contribution in [0.5, 0.6) is 0 Å². The normalized spacial score (nSPS) is 16.8.